The summed E-state index contributed by atoms with van der Waals surface area (Å²) >= 11 is 1.26. The number of rotatable bonds is 3. The quantitative estimate of drug-likeness (QED) is 0.673. The van der Waals surface area contributed by atoms with Crippen LogP contribution in [0.25, 0.3) is 10.6 Å². The van der Waals surface area contributed by atoms with E-state index in [9.17, 15) is 13.2 Å². The Balaban J connectivity index is 1.93. The zero-order valence-electron chi connectivity index (χ0n) is 11.9. The molecule has 0 fully saturated rings. The van der Waals surface area contributed by atoms with Crippen LogP contribution < -0.4 is 0 Å². The van der Waals surface area contributed by atoms with Gasteiger partial charge in [-0.3, -0.25) is 5.41 Å². The molecule has 0 saturated heterocycles. The van der Waals surface area contributed by atoms with Gasteiger partial charge < -0.3 is 4.42 Å². The van der Waals surface area contributed by atoms with Gasteiger partial charge in [0, 0.05) is 5.56 Å². The zero-order valence-corrected chi connectivity index (χ0v) is 12.8. The second kappa shape index (κ2) is 5.66. The smallest absolute Gasteiger partial charge is 0.416 e. The highest BCUT2D eigenvalue weighted by Crippen LogP contribution is 2.33. The van der Waals surface area contributed by atoms with Gasteiger partial charge in [-0.2, -0.15) is 13.2 Å². The van der Waals surface area contributed by atoms with Crippen molar-refractivity contribution in [1.82, 2.24) is 4.98 Å². The van der Waals surface area contributed by atoms with Crippen LogP contribution in [0.5, 0.6) is 0 Å². The average molecular weight is 336 g/mol. The van der Waals surface area contributed by atoms with Crippen LogP contribution in [0.3, 0.4) is 0 Å². The predicted octanol–water partition coefficient (Wildman–Crippen LogP) is 5.15. The van der Waals surface area contributed by atoms with Crippen LogP contribution in [0.4, 0.5) is 13.2 Å². The van der Waals surface area contributed by atoms with Gasteiger partial charge in [0.05, 0.1) is 22.4 Å². The Hall–Kier alpha value is -2.41. The third-order valence-electron chi connectivity index (χ3n) is 3.25. The minimum Gasteiger partial charge on any atom is -0.463 e. The minimum atomic E-state index is -4.36. The van der Waals surface area contributed by atoms with Gasteiger partial charge in [0.25, 0.3) is 0 Å². The molecule has 118 valence electrons. The van der Waals surface area contributed by atoms with Crippen molar-refractivity contribution in [3.63, 3.8) is 0 Å². The normalized spacial score (nSPS) is 11.7. The first-order valence-corrected chi connectivity index (χ1v) is 7.46. The first-order valence-electron chi connectivity index (χ1n) is 6.64. The lowest BCUT2D eigenvalue weighted by Crippen LogP contribution is -2.03. The maximum Gasteiger partial charge on any atom is 0.416 e. The van der Waals surface area contributed by atoms with Gasteiger partial charge in [-0.15, -0.1) is 11.3 Å². The molecular formula is C16H11F3N2OS. The number of nitrogens with zero attached hydrogens (tertiary/aromatic N) is 1. The molecule has 0 spiro atoms. The summed E-state index contributed by atoms with van der Waals surface area (Å²) in [5.41, 5.74) is 0.747. The van der Waals surface area contributed by atoms with Crippen molar-refractivity contribution < 1.29 is 17.6 Å². The molecule has 0 saturated carbocycles. The Kier molecular flexibility index (Phi) is 3.81. The summed E-state index contributed by atoms with van der Waals surface area (Å²) in [7, 11) is 0. The van der Waals surface area contributed by atoms with E-state index in [4.69, 9.17) is 9.83 Å². The molecule has 0 bridgehead atoms. The monoisotopic (exact) mass is 336 g/mol. The summed E-state index contributed by atoms with van der Waals surface area (Å²) in [4.78, 5) is 4.99. The highest BCUT2D eigenvalue weighted by molar-refractivity contribution is 7.17. The minimum absolute atomic E-state index is 0.211. The Bertz CT molecular complexity index is 833. The van der Waals surface area contributed by atoms with Crippen molar-refractivity contribution in [2.24, 2.45) is 0 Å². The lowest BCUT2D eigenvalue weighted by atomic mass is 10.1. The SMILES string of the molecule is Cc1nc(-c2ccc(C(F)(F)F)cc2)sc1C(=N)c1ccco1. The number of aromatic nitrogens is 1. The fraction of sp³-hybridized carbons (Fsp3) is 0.125. The Labute approximate surface area is 133 Å². The van der Waals surface area contributed by atoms with Gasteiger partial charge in [-0.05, 0) is 31.2 Å². The van der Waals surface area contributed by atoms with Gasteiger partial charge in [-0.1, -0.05) is 12.1 Å². The van der Waals surface area contributed by atoms with Crippen LogP contribution >= 0.6 is 11.3 Å². The number of hydrogen-bond donors (Lipinski definition) is 1. The topological polar surface area (TPSA) is 49.9 Å². The van der Waals surface area contributed by atoms with Crippen LogP contribution in [-0.4, -0.2) is 10.7 Å². The first-order chi connectivity index (χ1) is 10.9. The molecule has 2 aromatic heterocycles. The van der Waals surface area contributed by atoms with E-state index in [0.717, 1.165) is 12.1 Å². The fourth-order valence-electron chi connectivity index (χ4n) is 2.09. The Morgan fingerprint density at radius 1 is 1.17 bits per heavy atom. The number of furan rings is 1. The third-order valence-corrected chi connectivity index (χ3v) is 4.47. The van der Waals surface area contributed by atoms with E-state index >= 15 is 0 Å². The molecule has 3 rings (SSSR count). The van der Waals surface area contributed by atoms with Crippen LogP contribution in [0.2, 0.25) is 0 Å². The third kappa shape index (κ3) is 3.05. The van der Waals surface area contributed by atoms with E-state index in [1.807, 2.05) is 0 Å². The fourth-order valence-corrected chi connectivity index (χ4v) is 3.11. The Morgan fingerprint density at radius 2 is 1.87 bits per heavy atom. The summed E-state index contributed by atoms with van der Waals surface area (Å²) < 4.78 is 43.0. The molecule has 0 aliphatic carbocycles. The van der Waals surface area contributed by atoms with E-state index in [0.29, 0.717) is 26.9 Å². The van der Waals surface area contributed by atoms with Crippen molar-refractivity contribution >= 4 is 17.0 Å². The van der Waals surface area contributed by atoms with E-state index in [1.165, 1.54) is 29.7 Å². The lowest BCUT2D eigenvalue weighted by Gasteiger charge is -2.06. The van der Waals surface area contributed by atoms with Crippen LogP contribution in [0, 0.1) is 12.3 Å². The van der Waals surface area contributed by atoms with E-state index in [2.05, 4.69) is 4.98 Å². The molecule has 0 radical (unpaired) electrons. The maximum atomic E-state index is 12.6. The number of benzene rings is 1. The van der Waals surface area contributed by atoms with E-state index < -0.39 is 11.7 Å². The maximum absolute atomic E-state index is 12.6. The summed E-state index contributed by atoms with van der Waals surface area (Å²) in [5, 5.41) is 8.72. The molecule has 7 heteroatoms. The molecule has 1 N–H and O–H groups in total. The second-order valence-electron chi connectivity index (χ2n) is 4.86. The van der Waals surface area contributed by atoms with Crippen molar-refractivity contribution in [2.75, 3.05) is 0 Å². The molecule has 0 amide bonds. The lowest BCUT2D eigenvalue weighted by molar-refractivity contribution is -0.137. The molecule has 1 aromatic carbocycles. The second-order valence-corrected chi connectivity index (χ2v) is 5.86. The zero-order chi connectivity index (χ0) is 16.6. The van der Waals surface area contributed by atoms with Gasteiger partial charge in [0.1, 0.15) is 10.7 Å². The number of hydrogen-bond acceptors (Lipinski definition) is 4. The van der Waals surface area contributed by atoms with Crippen molar-refractivity contribution in [3.8, 4) is 10.6 Å². The highest BCUT2D eigenvalue weighted by atomic mass is 32.1. The summed E-state index contributed by atoms with van der Waals surface area (Å²) in [6, 6.07) is 8.21. The molecule has 3 nitrogen and oxygen atoms in total. The first kappa shape index (κ1) is 15.5. The van der Waals surface area contributed by atoms with Crippen LogP contribution in [0.15, 0.2) is 47.1 Å². The van der Waals surface area contributed by atoms with Gasteiger partial charge in [0.15, 0.2) is 5.76 Å². The highest BCUT2D eigenvalue weighted by Gasteiger charge is 2.30. The Morgan fingerprint density at radius 3 is 2.43 bits per heavy atom. The number of halogens is 3. The molecule has 3 aromatic rings. The molecule has 0 unspecified atom stereocenters. The summed E-state index contributed by atoms with van der Waals surface area (Å²) in [6.45, 7) is 1.76. The van der Waals surface area contributed by atoms with Crippen LogP contribution in [-0.2, 0) is 6.18 Å². The number of alkyl halides is 3. The predicted molar refractivity (Wildman–Crippen MR) is 81.9 cm³/mol. The number of aryl methyl sites for hydroxylation is 1. The van der Waals surface area contributed by atoms with E-state index in [-0.39, 0.29) is 5.71 Å². The average Bonchev–Trinajstić information content (AvgIpc) is 3.15. The van der Waals surface area contributed by atoms with E-state index in [1.54, 1.807) is 19.1 Å². The summed E-state index contributed by atoms with van der Waals surface area (Å²) in [6.07, 6.45) is -2.87. The van der Waals surface area contributed by atoms with Gasteiger partial charge in [-0.25, -0.2) is 4.98 Å². The standard InChI is InChI=1S/C16H11F3N2OS/c1-9-14(13(20)12-3-2-8-22-12)23-15(21-9)10-4-6-11(7-5-10)16(17,18)19/h2-8,20H,1H3. The molecular weight excluding hydrogens is 325 g/mol. The molecule has 2 heterocycles. The molecule has 0 atom stereocenters. The molecule has 0 aliphatic heterocycles. The van der Waals surface area contributed by atoms with Crippen molar-refractivity contribution in [2.45, 2.75) is 13.1 Å². The molecule has 23 heavy (non-hydrogen) atoms. The molecule has 0 aliphatic rings. The number of nitrogens with one attached hydrogen (secondary N) is 1. The van der Waals surface area contributed by atoms with Crippen molar-refractivity contribution in [3.05, 3.63) is 64.6 Å². The van der Waals surface area contributed by atoms with Gasteiger partial charge in [0.2, 0.25) is 0 Å². The van der Waals surface area contributed by atoms with Crippen LogP contribution in [0.1, 0.15) is 21.9 Å². The number of thiazole rings is 1. The summed E-state index contributed by atoms with van der Waals surface area (Å²) in [5.74, 6) is 0.427. The van der Waals surface area contributed by atoms with Crippen molar-refractivity contribution in [1.29, 1.82) is 5.41 Å². The largest absolute Gasteiger partial charge is 0.463 e. The van der Waals surface area contributed by atoms with Gasteiger partial charge >= 0.3 is 6.18 Å².